The molecule has 18 heavy (non-hydrogen) atoms. The minimum Gasteiger partial charge on any atom is -0.444 e. The first-order valence-electron chi connectivity index (χ1n) is 5.74. The summed E-state index contributed by atoms with van der Waals surface area (Å²) in [6, 6.07) is -0.422. The molecule has 1 atom stereocenters. The second-order valence-corrected chi connectivity index (χ2v) is 7.13. The Bertz CT molecular complexity index is 369. The van der Waals surface area contributed by atoms with Crippen LogP contribution in [0.5, 0.6) is 0 Å². The van der Waals surface area contributed by atoms with Crippen LogP contribution in [-0.4, -0.2) is 39.0 Å². The number of ether oxygens (including phenoxy) is 1. The van der Waals surface area contributed by atoms with Gasteiger partial charge in [-0.3, -0.25) is 4.18 Å². The van der Waals surface area contributed by atoms with Gasteiger partial charge >= 0.3 is 6.09 Å². The van der Waals surface area contributed by atoms with Crippen molar-refractivity contribution in [2.45, 2.75) is 46.3 Å². The zero-order chi connectivity index (χ0) is 14.6. The van der Waals surface area contributed by atoms with Crippen molar-refractivity contribution in [1.82, 2.24) is 5.32 Å². The van der Waals surface area contributed by atoms with Gasteiger partial charge in [0.1, 0.15) is 5.60 Å². The molecule has 108 valence electrons. The predicted molar refractivity (Wildman–Crippen MR) is 68.8 cm³/mol. The second kappa shape index (κ2) is 6.38. The summed E-state index contributed by atoms with van der Waals surface area (Å²) in [6.07, 6.45) is 0.385. The maximum absolute atomic E-state index is 11.6. The van der Waals surface area contributed by atoms with E-state index in [-0.39, 0.29) is 12.5 Å². The van der Waals surface area contributed by atoms with E-state index in [0.717, 1.165) is 6.26 Å². The molecule has 6 nitrogen and oxygen atoms in total. The highest BCUT2D eigenvalue weighted by Gasteiger charge is 2.22. The molecule has 0 fully saturated rings. The van der Waals surface area contributed by atoms with Crippen LogP contribution >= 0.6 is 0 Å². The Morgan fingerprint density at radius 1 is 1.28 bits per heavy atom. The number of rotatable bonds is 5. The molecule has 0 aliphatic rings. The molecule has 0 bridgehead atoms. The van der Waals surface area contributed by atoms with Gasteiger partial charge in [-0.25, -0.2) is 4.79 Å². The lowest BCUT2D eigenvalue weighted by atomic mass is 10.1. The van der Waals surface area contributed by atoms with Gasteiger partial charge in [0.25, 0.3) is 10.1 Å². The summed E-state index contributed by atoms with van der Waals surface area (Å²) in [6.45, 7) is 8.87. The number of nitrogens with one attached hydrogen (secondary N) is 1. The third kappa shape index (κ3) is 9.23. The van der Waals surface area contributed by atoms with E-state index in [4.69, 9.17) is 4.74 Å². The topological polar surface area (TPSA) is 81.7 Å². The molecule has 7 heteroatoms. The van der Waals surface area contributed by atoms with Gasteiger partial charge in [0, 0.05) is 0 Å². The van der Waals surface area contributed by atoms with Gasteiger partial charge in [0.15, 0.2) is 0 Å². The summed E-state index contributed by atoms with van der Waals surface area (Å²) in [4.78, 5) is 11.6. The van der Waals surface area contributed by atoms with E-state index in [1.54, 1.807) is 20.8 Å². The van der Waals surface area contributed by atoms with Crippen LogP contribution in [0.2, 0.25) is 0 Å². The number of carbonyl (C=O) groups excluding carboxylic acids is 1. The van der Waals surface area contributed by atoms with Gasteiger partial charge in [-0.2, -0.15) is 8.42 Å². The monoisotopic (exact) mass is 281 g/mol. The highest BCUT2D eigenvalue weighted by molar-refractivity contribution is 7.85. The third-order valence-electron chi connectivity index (χ3n) is 1.97. The Hall–Kier alpha value is -0.820. The van der Waals surface area contributed by atoms with Crippen molar-refractivity contribution in [3.05, 3.63) is 0 Å². The first-order chi connectivity index (χ1) is 7.91. The number of carbonyl (C=O) groups is 1. The van der Waals surface area contributed by atoms with Crippen LogP contribution in [-0.2, 0) is 19.0 Å². The number of alkyl carbamates (subject to hydrolysis) is 1. The van der Waals surface area contributed by atoms with Gasteiger partial charge in [0.2, 0.25) is 0 Å². The van der Waals surface area contributed by atoms with Crippen molar-refractivity contribution < 1.29 is 22.1 Å². The van der Waals surface area contributed by atoms with Gasteiger partial charge in [-0.1, -0.05) is 13.8 Å². The van der Waals surface area contributed by atoms with Crippen molar-refractivity contribution >= 4 is 16.2 Å². The predicted octanol–water partition coefficient (Wildman–Crippen LogP) is 1.51. The van der Waals surface area contributed by atoms with Crippen molar-refractivity contribution in [2.75, 3.05) is 12.9 Å². The minimum absolute atomic E-state index is 0.0271. The summed E-state index contributed by atoms with van der Waals surface area (Å²) in [5.41, 5.74) is -0.594. The zero-order valence-corrected chi connectivity index (χ0v) is 12.6. The summed E-state index contributed by atoms with van der Waals surface area (Å²) in [5.74, 6) is 0.0271. The molecular formula is C11H23NO5S. The summed E-state index contributed by atoms with van der Waals surface area (Å²) >= 11 is 0. The average molecular weight is 281 g/mol. The summed E-state index contributed by atoms with van der Waals surface area (Å²) in [5, 5.41) is 2.59. The summed E-state index contributed by atoms with van der Waals surface area (Å²) in [7, 11) is -3.52. The Kier molecular flexibility index (Phi) is 6.09. The normalized spacial score (nSPS) is 14.4. The quantitative estimate of drug-likeness (QED) is 0.772. The molecule has 0 aromatic carbocycles. The molecule has 1 N–H and O–H groups in total. The van der Waals surface area contributed by atoms with Crippen LogP contribution in [0.15, 0.2) is 0 Å². The molecule has 0 aromatic heterocycles. The van der Waals surface area contributed by atoms with Crippen molar-refractivity contribution in [3.8, 4) is 0 Å². The molecule has 0 unspecified atom stereocenters. The lowest BCUT2D eigenvalue weighted by Gasteiger charge is -2.25. The van der Waals surface area contributed by atoms with Crippen molar-refractivity contribution in [2.24, 2.45) is 5.92 Å². The fourth-order valence-electron chi connectivity index (χ4n) is 1.06. The molecule has 0 rings (SSSR count). The number of amides is 1. The average Bonchev–Trinajstić information content (AvgIpc) is 2.06. The second-order valence-electron chi connectivity index (χ2n) is 5.49. The van der Waals surface area contributed by atoms with Crippen LogP contribution in [0, 0.1) is 5.92 Å². The molecule has 0 saturated carbocycles. The van der Waals surface area contributed by atoms with Crippen LogP contribution < -0.4 is 5.32 Å². The molecule has 1 amide bonds. The maximum Gasteiger partial charge on any atom is 0.407 e. The Morgan fingerprint density at radius 2 is 1.78 bits per heavy atom. The van der Waals surface area contributed by atoms with E-state index < -0.39 is 27.9 Å². The highest BCUT2D eigenvalue weighted by atomic mass is 32.2. The van der Waals surface area contributed by atoms with Crippen molar-refractivity contribution in [1.29, 1.82) is 0 Å². The Morgan fingerprint density at radius 3 is 2.11 bits per heavy atom. The first-order valence-corrected chi connectivity index (χ1v) is 7.56. The van der Waals surface area contributed by atoms with Crippen LogP contribution in [0.3, 0.4) is 0 Å². The van der Waals surface area contributed by atoms with Crippen LogP contribution in [0.4, 0.5) is 4.79 Å². The fourth-order valence-corrected chi connectivity index (χ4v) is 1.45. The fraction of sp³-hybridized carbons (Fsp3) is 0.909. The van der Waals surface area contributed by atoms with E-state index in [1.165, 1.54) is 0 Å². The Labute approximate surface area is 109 Å². The van der Waals surface area contributed by atoms with E-state index in [2.05, 4.69) is 9.50 Å². The molecule has 0 saturated heterocycles. The van der Waals surface area contributed by atoms with E-state index in [0.29, 0.717) is 0 Å². The number of hydrogen-bond donors (Lipinski definition) is 1. The van der Waals surface area contributed by atoms with Gasteiger partial charge < -0.3 is 10.1 Å². The highest BCUT2D eigenvalue weighted by Crippen LogP contribution is 2.09. The molecule has 0 aliphatic heterocycles. The van der Waals surface area contributed by atoms with Gasteiger partial charge in [-0.05, 0) is 26.7 Å². The first kappa shape index (κ1) is 17.2. The molecule has 0 aliphatic carbocycles. The van der Waals surface area contributed by atoms with Gasteiger partial charge in [0.05, 0.1) is 18.9 Å². The largest absolute Gasteiger partial charge is 0.444 e. The lowest BCUT2D eigenvalue weighted by Crippen LogP contribution is -2.44. The smallest absolute Gasteiger partial charge is 0.407 e. The standard InChI is InChI=1S/C11H23NO5S/c1-8(2)9(7-16-18(6,14)15)12-10(13)17-11(3,4)5/h8-9H,7H2,1-6H3,(H,12,13)/t9-/m1/s1. The van der Waals surface area contributed by atoms with Crippen LogP contribution in [0.1, 0.15) is 34.6 Å². The van der Waals surface area contributed by atoms with Crippen molar-refractivity contribution in [3.63, 3.8) is 0 Å². The molecule has 0 spiro atoms. The molecule has 0 heterocycles. The van der Waals surface area contributed by atoms with E-state index >= 15 is 0 Å². The van der Waals surface area contributed by atoms with E-state index in [9.17, 15) is 13.2 Å². The van der Waals surface area contributed by atoms with Gasteiger partial charge in [-0.15, -0.1) is 0 Å². The molecular weight excluding hydrogens is 258 g/mol. The zero-order valence-electron chi connectivity index (χ0n) is 11.8. The molecule has 0 radical (unpaired) electrons. The Balaban J connectivity index is 4.41. The minimum atomic E-state index is -3.52. The number of hydrogen-bond acceptors (Lipinski definition) is 5. The van der Waals surface area contributed by atoms with E-state index in [1.807, 2.05) is 13.8 Å². The SMILES string of the molecule is CC(C)[C@@H](COS(C)(=O)=O)NC(=O)OC(C)(C)C. The molecule has 0 aromatic rings. The third-order valence-corrected chi connectivity index (χ3v) is 2.53. The van der Waals surface area contributed by atoms with Crippen LogP contribution in [0.25, 0.3) is 0 Å². The lowest BCUT2D eigenvalue weighted by molar-refractivity contribution is 0.0469. The summed E-state index contributed by atoms with van der Waals surface area (Å²) < 4.78 is 31.6. The maximum atomic E-state index is 11.6.